The Morgan fingerprint density at radius 2 is 2.20 bits per heavy atom. The van der Waals surface area contributed by atoms with Gasteiger partial charge < -0.3 is 5.32 Å². The summed E-state index contributed by atoms with van der Waals surface area (Å²) in [6.07, 6.45) is 0. The van der Waals surface area contributed by atoms with Crippen LogP contribution in [-0.4, -0.2) is 40.6 Å². The molecule has 4 aromatic rings. The number of aromatic nitrogens is 6. The summed E-state index contributed by atoms with van der Waals surface area (Å²) >= 11 is 4.06. The predicted octanol–water partition coefficient (Wildman–Crippen LogP) is 2.52. The molecule has 0 atom stereocenters. The van der Waals surface area contributed by atoms with E-state index in [2.05, 4.69) is 29.6 Å². The van der Waals surface area contributed by atoms with Crippen molar-refractivity contribution < 1.29 is 4.79 Å². The molecular weight excluding hydrogens is 378 g/mol. The number of amides is 1. The Hall–Kier alpha value is -2.37. The second-order valence-corrected chi connectivity index (χ2v) is 7.48. The van der Waals surface area contributed by atoms with Crippen molar-refractivity contribution in [1.29, 1.82) is 0 Å². The summed E-state index contributed by atoms with van der Waals surface area (Å²) in [7, 11) is 0. The zero-order valence-electron chi connectivity index (χ0n) is 12.7. The van der Waals surface area contributed by atoms with Crippen LogP contribution in [0, 0.1) is 0 Å². The Morgan fingerprint density at radius 3 is 3.08 bits per heavy atom. The molecule has 3 aromatic heterocycles. The number of carbonyl (C=O) groups is 1. The van der Waals surface area contributed by atoms with E-state index in [1.54, 1.807) is 16.0 Å². The van der Waals surface area contributed by atoms with E-state index in [1.807, 2.05) is 35.7 Å². The van der Waals surface area contributed by atoms with Gasteiger partial charge in [-0.05, 0) is 34.0 Å². The van der Waals surface area contributed by atoms with Crippen molar-refractivity contribution in [2.75, 3.05) is 11.1 Å². The number of carbonyl (C=O) groups excluding carboxylic acids is 1. The highest BCUT2D eigenvalue weighted by atomic mass is 32.2. The van der Waals surface area contributed by atoms with Crippen LogP contribution in [0.3, 0.4) is 0 Å². The highest BCUT2D eigenvalue weighted by Crippen LogP contribution is 2.22. The first-order valence-electron chi connectivity index (χ1n) is 7.22. The molecule has 0 radical (unpaired) electrons. The molecule has 1 N–H and O–H groups in total. The van der Waals surface area contributed by atoms with E-state index in [0.29, 0.717) is 22.9 Å². The summed E-state index contributed by atoms with van der Waals surface area (Å²) in [6, 6.07) is 9.53. The van der Waals surface area contributed by atoms with E-state index in [0.717, 1.165) is 22.1 Å². The van der Waals surface area contributed by atoms with Crippen molar-refractivity contribution in [2.24, 2.45) is 0 Å². The van der Waals surface area contributed by atoms with Crippen LogP contribution in [0.15, 0.2) is 40.9 Å². The number of thiophene rings is 1. The van der Waals surface area contributed by atoms with E-state index >= 15 is 0 Å². The van der Waals surface area contributed by atoms with Gasteiger partial charge in [-0.1, -0.05) is 23.9 Å². The molecule has 0 aliphatic carbocycles. The Bertz CT molecular complexity index is 995. The average Bonchev–Trinajstić information content (AvgIpc) is 3.35. The lowest BCUT2D eigenvalue weighted by molar-refractivity contribution is -0.113. The van der Waals surface area contributed by atoms with Crippen molar-refractivity contribution >= 4 is 57.5 Å². The maximum Gasteiger partial charge on any atom is 0.234 e. The minimum atomic E-state index is -0.142. The molecule has 11 heteroatoms. The van der Waals surface area contributed by atoms with Gasteiger partial charge in [0.05, 0.1) is 29.7 Å². The van der Waals surface area contributed by atoms with E-state index in [4.69, 9.17) is 0 Å². The van der Waals surface area contributed by atoms with Crippen molar-refractivity contribution in [2.45, 2.75) is 11.7 Å². The summed E-state index contributed by atoms with van der Waals surface area (Å²) < 4.78 is 10.1. The number of fused-ring (bicyclic) bond motifs is 1. The number of hydrogen-bond donors (Lipinski definition) is 1. The number of tetrazole rings is 1. The molecule has 0 unspecified atom stereocenters. The topological polar surface area (TPSA) is 98.5 Å². The molecule has 126 valence electrons. The number of hydrogen-bond acceptors (Lipinski definition) is 9. The first-order chi connectivity index (χ1) is 12.3. The second-order valence-electron chi connectivity index (χ2n) is 4.97. The molecule has 0 bridgehead atoms. The molecule has 3 heterocycles. The van der Waals surface area contributed by atoms with Crippen molar-refractivity contribution in [1.82, 2.24) is 29.0 Å². The van der Waals surface area contributed by atoms with Crippen LogP contribution < -0.4 is 5.32 Å². The third-order valence-corrected chi connectivity index (χ3v) is 5.64. The van der Waals surface area contributed by atoms with Crippen LogP contribution in [0.2, 0.25) is 0 Å². The Morgan fingerprint density at radius 1 is 1.24 bits per heavy atom. The molecule has 1 amide bonds. The molecule has 0 fully saturated rings. The monoisotopic (exact) mass is 389 g/mol. The highest BCUT2D eigenvalue weighted by molar-refractivity contribution is 7.99. The second kappa shape index (κ2) is 7.25. The Balaban J connectivity index is 1.39. The van der Waals surface area contributed by atoms with Gasteiger partial charge in [0.2, 0.25) is 11.1 Å². The Kier molecular flexibility index (Phi) is 4.68. The van der Waals surface area contributed by atoms with Crippen LogP contribution in [0.25, 0.3) is 11.0 Å². The average molecular weight is 389 g/mol. The quantitative estimate of drug-likeness (QED) is 0.506. The largest absolute Gasteiger partial charge is 0.323 e. The van der Waals surface area contributed by atoms with Crippen LogP contribution in [0.1, 0.15) is 4.88 Å². The number of benzene rings is 1. The fraction of sp³-hybridized carbons (Fsp3) is 0.143. The van der Waals surface area contributed by atoms with Gasteiger partial charge in [0.15, 0.2) is 0 Å². The van der Waals surface area contributed by atoms with E-state index in [-0.39, 0.29) is 11.7 Å². The van der Waals surface area contributed by atoms with Gasteiger partial charge in [0.1, 0.15) is 11.0 Å². The van der Waals surface area contributed by atoms with Crippen molar-refractivity contribution in [3.63, 3.8) is 0 Å². The van der Waals surface area contributed by atoms with E-state index in [1.165, 1.54) is 11.8 Å². The smallest absolute Gasteiger partial charge is 0.234 e. The number of thioether (sulfide) groups is 1. The number of nitrogens with one attached hydrogen (secondary N) is 1. The van der Waals surface area contributed by atoms with Crippen LogP contribution in [0.4, 0.5) is 5.69 Å². The molecule has 0 saturated heterocycles. The van der Waals surface area contributed by atoms with Gasteiger partial charge in [0, 0.05) is 4.88 Å². The number of rotatable bonds is 6. The van der Waals surface area contributed by atoms with E-state index in [9.17, 15) is 4.79 Å². The van der Waals surface area contributed by atoms with Crippen LogP contribution in [0.5, 0.6) is 0 Å². The molecule has 8 nitrogen and oxygen atoms in total. The number of anilines is 1. The number of nitrogens with zero attached hydrogens (tertiary/aromatic N) is 6. The zero-order chi connectivity index (χ0) is 17.1. The minimum absolute atomic E-state index is 0.142. The van der Waals surface area contributed by atoms with Crippen molar-refractivity contribution in [3.8, 4) is 0 Å². The molecular formula is C14H11N7OS3. The van der Waals surface area contributed by atoms with Gasteiger partial charge in [0.25, 0.3) is 0 Å². The standard InChI is InChI=1S/C14H11N7OS3/c22-12(15-10-4-1-5-11-13(10)18-25-17-11)8-24-14-16-19-20-21(14)7-9-3-2-6-23-9/h1-6H,7-8H2,(H,15,22). The first kappa shape index (κ1) is 16.1. The lowest BCUT2D eigenvalue weighted by Gasteiger charge is -2.05. The third kappa shape index (κ3) is 3.67. The highest BCUT2D eigenvalue weighted by Gasteiger charge is 2.13. The first-order valence-corrected chi connectivity index (χ1v) is 9.81. The SMILES string of the molecule is O=C(CSc1nnnn1Cc1cccs1)Nc1cccc2nsnc12. The Labute approximate surface area is 154 Å². The third-order valence-electron chi connectivity index (χ3n) is 3.28. The van der Waals surface area contributed by atoms with Gasteiger partial charge in [-0.25, -0.2) is 4.68 Å². The maximum absolute atomic E-state index is 12.2. The van der Waals surface area contributed by atoms with Gasteiger partial charge in [-0.2, -0.15) is 8.75 Å². The molecule has 0 saturated carbocycles. The summed E-state index contributed by atoms with van der Waals surface area (Å²) in [6.45, 7) is 0.596. The molecule has 0 aliphatic heterocycles. The van der Waals surface area contributed by atoms with Crippen molar-refractivity contribution in [3.05, 3.63) is 40.6 Å². The summed E-state index contributed by atoms with van der Waals surface area (Å²) in [4.78, 5) is 13.4. The normalized spacial score (nSPS) is 11.0. The van der Waals surface area contributed by atoms with Gasteiger partial charge >= 0.3 is 0 Å². The fourth-order valence-electron chi connectivity index (χ4n) is 2.17. The van der Waals surface area contributed by atoms with E-state index < -0.39 is 0 Å². The lowest BCUT2D eigenvalue weighted by atomic mass is 10.2. The van der Waals surface area contributed by atoms with Crippen LogP contribution >= 0.6 is 34.8 Å². The molecule has 4 rings (SSSR count). The molecule has 1 aromatic carbocycles. The molecule has 25 heavy (non-hydrogen) atoms. The molecule has 0 aliphatic rings. The fourth-order valence-corrected chi connectivity index (χ4v) is 4.08. The van der Waals surface area contributed by atoms with Gasteiger partial charge in [-0.3, -0.25) is 4.79 Å². The summed E-state index contributed by atoms with van der Waals surface area (Å²) in [5, 5.41) is 17.1. The lowest BCUT2D eigenvalue weighted by Crippen LogP contribution is -2.15. The maximum atomic E-state index is 12.2. The minimum Gasteiger partial charge on any atom is -0.323 e. The van der Waals surface area contributed by atoms with Crippen LogP contribution in [-0.2, 0) is 11.3 Å². The zero-order valence-corrected chi connectivity index (χ0v) is 15.1. The molecule has 0 spiro atoms. The predicted molar refractivity (Wildman–Crippen MR) is 98.0 cm³/mol. The summed E-state index contributed by atoms with van der Waals surface area (Å²) in [5.74, 6) is 0.0647. The van der Waals surface area contributed by atoms with Gasteiger partial charge in [-0.15, -0.1) is 16.4 Å². The summed E-state index contributed by atoms with van der Waals surface area (Å²) in [5.41, 5.74) is 2.14.